The molecule has 4 aromatic carbocycles. The Balaban J connectivity index is 1.55. The fourth-order valence-electron chi connectivity index (χ4n) is 8.66. The summed E-state index contributed by atoms with van der Waals surface area (Å²) in [5, 5.41) is 1.49. The number of hydrogen-bond acceptors (Lipinski definition) is 0. The Kier molecular flexibility index (Phi) is 10.3. The van der Waals surface area contributed by atoms with E-state index < -0.39 is 29.6 Å². The van der Waals surface area contributed by atoms with Gasteiger partial charge in [0.25, 0.3) is 0 Å². The van der Waals surface area contributed by atoms with E-state index in [1.54, 1.807) is 0 Å². The van der Waals surface area contributed by atoms with Crippen molar-refractivity contribution in [1.82, 2.24) is 0 Å². The molecule has 0 N–H and O–H groups in total. The van der Waals surface area contributed by atoms with Crippen molar-refractivity contribution in [2.75, 3.05) is 0 Å². The summed E-state index contributed by atoms with van der Waals surface area (Å²) >= 11 is -4.86. The van der Waals surface area contributed by atoms with Crippen LogP contribution < -0.4 is 5.19 Å². The van der Waals surface area contributed by atoms with Crippen molar-refractivity contribution in [3.63, 3.8) is 0 Å². The molecule has 5 heteroatoms. The third-order valence-electron chi connectivity index (χ3n) is 12.0. The Morgan fingerprint density at radius 1 is 0.694 bits per heavy atom. The van der Waals surface area contributed by atoms with Crippen LogP contribution in [0, 0.1) is 5.92 Å². The van der Waals surface area contributed by atoms with Crippen molar-refractivity contribution in [2.45, 2.75) is 93.4 Å². The van der Waals surface area contributed by atoms with Crippen LogP contribution in [0.1, 0.15) is 88.4 Å². The van der Waals surface area contributed by atoms with Crippen molar-refractivity contribution >= 4 is 48.4 Å². The van der Waals surface area contributed by atoms with Crippen LogP contribution in [0.3, 0.4) is 0 Å². The third kappa shape index (κ3) is 6.26. The fourth-order valence-corrected chi connectivity index (χ4v) is 41.3. The second-order valence-electron chi connectivity index (χ2n) is 16.5. The van der Waals surface area contributed by atoms with Gasteiger partial charge in [-0.1, -0.05) is 0 Å². The average Bonchev–Trinajstić information content (AvgIpc) is 3.68. The molecule has 0 spiro atoms. The first kappa shape index (κ1) is 37.0. The second kappa shape index (κ2) is 13.7. The summed E-state index contributed by atoms with van der Waals surface area (Å²) in [5.41, 5.74) is 14.9. The van der Waals surface area contributed by atoms with Gasteiger partial charge in [-0.15, -0.1) is 0 Å². The minimum atomic E-state index is -4.86. The predicted molar refractivity (Wildman–Crippen MR) is 223 cm³/mol. The van der Waals surface area contributed by atoms with Gasteiger partial charge in [0, 0.05) is 0 Å². The SMILES string of the molecule is CCC1=Cc2c(-c3ccc([Si](C)(C)C)cc3)cccc2[CH]1[Zr]([Cl])([Cl])([CH]1C(C(C)CC)=Cc2c(-c3ccc(C(C)C)cc3)cccc21)[SiH](C)C. The molecule has 0 aromatic heterocycles. The molecule has 0 aliphatic heterocycles. The van der Waals surface area contributed by atoms with Crippen molar-refractivity contribution in [1.29, 1.82) is 0 Å². The van der Waals surface area contributed by atoms with Crippen LogP contribution in [0.4, 0.5) is 0 Å². The minimum absolute atomic E-state index is 0.0989. The number of benzene rings is 4. The van der Waals surface area contributed by atoms with Gasteiger partial charge in [-0.2, -0.15) is 0 Å². The summed E-state index contributed by atoms with van der Waals surface area (Å²) < 4.78 is 0.205. The molecular formula is C44H55Cl2Si2Zr. The van der Waals surface area contributed by atoms with Gasteiger partial charge in [0.2, 0.25) is 0 Å². The molecule has 2 aliphatic carbocycles. The normalized spacial score (nSPS) is 18.9. The van der Waals surface area contributed by atoms with Crippen molar-refractivity contribution < 1.29 is 15.6 Å². The van der Waals surface area contributed by atoms with Crippen molar-refractivity contribution in [2.24, 2.45) is 5.92 Å². The predicted octanol–water partition coefficient (Wildman–Crippen LogP) is 13.7. The molecule has 0 nitrogen and oxygen atoms in total. The zero-order valence-corrected chi connectivity index (χ0v) is 37.4. The number of allylic oxidation sites excluding steroid dienone is 2. The molecule has 0 saturated carbocycles. The van der Waals surface area contributed by atoms with Crippen LogP contribution in [0.5, 0.6) is 0 Å². The Bertz CT molecular complexity index is 1930. The van der Waals surface area contributed by atoms with Gasteiger partial charge in [-0.25, -0.2) is 0 Å². The molecule has 3 unspecified atom stereocenters. The molecule has 2 aliphatic rings. The molecule has 0 fully saturated rings. The maximum atomic E-state index is 8.75. The zero-order valence-electron chi connectivity index (χ0n) is 31.3. The van der Waals surface area contributed by atoms with E-state index in [1.165, 1.54) is 66.4 Å². The molecule has 49 heavy (non-hydrogen) atoms. The monoisotopic (exact) mass is 799 g/mol. The van der Waals surface area contributed by atoms with E-state index in [-0.39, 0.29) is 7.25 Å². The summed E-state index contributed by atoms with van der Waals surface area (Å²) in [6.45, 7) is 23.7. The third-order valence-corrected chi connectivity index (χ3v) is 65.8. The molecule has 4 aromatic rings. The van der Waals surface area contributed by atoms with Crippen molar-refractivity contribution in [3.05, 3.63) is 124 Å². The first-order valence-corrected chi connectivity index (χ1v) is 38.4. The Labute approximate surface area is 306 Å². The molecule has 0 amide bonds. The van der Waals surface area contributed by atoms with Crippen molar-refractivity contribution in [3.8, 4) is 22.3 Å². The van der Waals surface area contributed by atoms with E-state index in [2.05, 4.69) is 164 Å². The van der Waals surface area contributed by atoms with E-state index in [0.717, 1.165) is 12.8 Å². The van der Waals surface area contributed by atoms with Crippen LogP contribution in [0.2, 0.25) is 32.7 Å². The maximum absolute atomic E-state index is 8.75. The van der Waals surface area contributed by atoms with Crippen LogP contribution in [-0.4, -0.2) is 14.0 Å². The Morgan fingerprint density at radius 2 is 1.20 bits per heavy atom. The topological polar surface area (TPSA) is 0 Å². The standard InChI is InChI=1S/C22H25.C20H23Si.C2H7Si.2ClH.Zr/c1-5-16(4)20-13-19-7-6-8-21(22(19)14-20)18-11-9-17(10-12-18)15(2)3;1-5-15-13-17-7-6-8-19(20(17)14-15)16-9-11-18(12-10-16)21(2,3)4;1-3-2;;;/h6-16H,5H2,1-4H3;6-14H,5H2,1-4H3;3H,1-2H3;2*1H;/q;;;;;+2/p-2. The van der Waals surface area contributed by atoms with Gasteiger partial charge in [-0.3, -0.25) is 0 Å². The van der Waals surface area contributed by atoms with Gasteiger partial charge in [0.05, 0.1) is 0 Å². The summed E-state index contributed by atoms with van der Waals surface area (Å²) in [5.74, 6) is -0.732. The second-order valence-corrected chi connectivity index (χ2v) is 64.1. The summed E-state index contributed by atoms with van der Waals surface area (Å²) in [6, 6.07) is 32.5. The summed E-state index contributed by atoms with van der Waals surface area (Å²) in [7, 11) is 16.1. The molecule has 0 radical (unpaired) electrons. The Hall–Kier alpha value is -1.74. The van der Waals surface area contributed by atoms with Crippen LogP contribution in [-0.2, 0) is 15.6 Å². The van der Waals surface area contributed by atoms with Gasteiger partial charge >= 0.3 is 309 Å². The van der Waals surface area contributed by atoms with E-state index in [9.17, 15) is 0 Å². The van der Waals surface area contributed by atoms with E-state index in [4.69, 9.17) is 17.0 Å². The van der Waals surface area contributed by atoms with Gasteiger partial charge < -0.3 is 0 Å². The van der Waals surface area contributed by atoms with E-state index >= 15 is 0 Å². The van der Waals surface area contributed by atoms with Gasteiger partial charge in [0.1, 0.15) is 0 Å². The van der Waals surface area contributed by atoms with Crippen LogP contribution in [0.15, 0.2) is 96.1 Å². The first-order valence-electron chi connectivity index (χ1n) is 18.6. The quantitative estimate of drug-likeness (QED) is 0.140. The molecule has 0 saturated heterocycles. The molecule has 3 atom stereocenters. The Morgan fingerprint density at radius 3 is 1.67 bits per heavy atom. The average molecular weight is 802 g/mol. The summed E-state index contributed by atoms with van der Waals surface area (Å²) in [4.78, 5) is 0. The fraction of sp³-hybridized carbons (Fsp3) is 0.364. The van der Waals surface area contributed by atoms with Crippen LogP contribution >= 0.6 is 17.0 Å². The number of rotatable bonds is 10. The number of fused-ring (bicyclic) bond motifs is 2. The van der Waals surface area contributed by atoms with Gasteiger partial charge in [-0.05, 0) is 0 Å². The number of hydrogen-bond donors (Lipinski definition) is 0. The number of halogens is 2. The molecule has 6 rings (SSSR count). The van der Waals surface area contributed by atoms with Gasteiger partial charge in [0.15, 0.2) is 0 Å². The molecule has 257 valence electrons. The molecule has 0 heterocycles. The summed E-state index contributed by atoms with van der Waals surface area (Å²) in [6.07, 6.45) is 7.05. The van der Waals surface area contributed by atoms with E-state index in [1.807, 2.05) is 0 Å². The van der Waals surface area contributed by atoms with E-state index in [0.29, 0.717) is 11.8 Å². The first-order chi connectivity index (χ1) is 23.1. The zero-order chi connectivity index (χ0) is 35.5. The van der Waals surface area contributed by atoms with Crippen LogP contribution in [0.25, 0.3) is 34.4 Å². The molecule has 0 bridgehead atoms. The molecular weight excluding hydrogens is 747 g/mol.